The Morgan fingerprint density at radius 1 is 1.50 bits per heavy atom. The molecule has 2 nitrogen and oxygen atoms in total. The Labute approximate surface area is 74.6 Å². The van der Waals surface area contributed by atoms with E-state index < -0.39 is 14.0 Å². The number of hydrogen-bond donors (Lipinski definition) is 1. The maximum atomic E-state index is 10.4. The molecule has 0 heterocycles. The van der Waals surface area contributed by atoms with Crippen molar-refractivity contribution in [1.82, 2.24) is 0 Å². The van der Waals surface area contributed by atoms with Crippen LogP contribution in [-0.2, 0) is 4.79 Å². The zero-order chi connectivity index (χ0) is 9.78. The van der Waals surface area contributed by atoms with E-state index in [4.69, 9.17) is 5.11 Å². The third-order valence-electron chi connectivity index (χ3n) is 1.24. The van der Waals surface area contributed by atoms with Crippen molar-refractivity contribution in [3.8, 4) is 0 Å². The molecule has 3 heteroatoms. The van der Waals surface area contributed by atoms with Gasteiger partial charge in [0.2, 0.25) is 0 Å². The van der Waals surface area contributed by atoms with E-state index in [0.29, 0.717) is 0 Å². The van der Waals surface area contributed by atoms with E-state index in [1.54, 1.807) is 6.08 Å². The average molecular weight is 184 g/mol. The standard InChI is InChI=1S/C9H16O2Si/c1-5-8(6-9(10)11)7-12(2,3)4/h5,7H,1,6H2,2-4H3,(H,10,11)/b8-7+. The molecule has 0 aliphatic carbocycles. The first kappa shape index (κ1) is 11.2. The van der Waals surface area contributed by atoms with Crippen LogP contribution in [0.3, 0.4) is 0 Å². The molecule has 0 radical (unpaired) electrons. The van der Waals surface area contributed by atoms with E-state index in [1.165, 1.54) is 0 Å². The molecule has 0 saturated carbocycles. The van der Waals surface area contributed by atoms with Gasteiger partial charge in [0, 0.05) is 0 Å². The van der Waals surface area contributed by atoms with E-state index in [0.717, 1.165) is 5.57 Å². The Morgan fingerprint density at radius 3 is 2.25 bits per heavy atom. The smallest absolute Gasteiger partial charge is 0.307 e. The number of carboxylic acids is 1. The molecule has 1 N–H and O–H groups in total. The van der Waals surface area contributed by atoms with Crippen molar-refractivity contribution < 1.29 is 9.90 Å². The number of carboxylic acid groups (broad SMARTS) is 1. The molecule has 0 unspecified atom stereocenters. The fourth-order valence-electron chi connectivity index (χ4n) is 0.913. The van der Waals surface area contributed by atoms with Crippen LogP contribution in [0, 0.1) is 0 Å². The summed E-state index contributed by atoms with van der Waals surface area (Å²) in [6, 6.07) is 0. The van der Waals surface area contributed by atoms with Gasteiger partial charge in [0.05, 0.1) is 14.5 Å². The van der Waals surface area contributed by atoms with Crippen LogP contribution in [0.25, 0.3) is 0 Å². The lowest BCUT2D eigenvalue weighted by Gasteiger charge is -2.10. The number of rotatable bonds is 4. The third kappa shape index (κ3) is 5.92. The predicted octanol–water partition coefficient (Wildman–Crippen LogP) is 2.45. The lowest BCUT2D eigenvalue weighted by atomic mass is 10.2. The molecule has 0 bridgehead atoms. The largest absolute Gasteiger partial charge is 0.481 e. The van der Waals surface area contributed by atoms with E-state index in [2.05, 4.69) is 31.9 Å². The molecular weight excluding hydrogens is 168 g/mol. The quantitative estimate of drug-likeness (QED) is 0.538. The molecule has 0 saturated heterocycles. The normalized spacial score (nSPS) is 12.8. The maximum Gasteiger partial charge on any atom is 0.307 e. The predicted molar refractivity (Wildman–Crippen MR) is 53.9 cm³/mol. The highest BCUT2D eigenvalue weighted by Crippen LogP contribution is 2.10. The Bertz CT molecular complexity index is 211. The fraction of sp³-hybridized carbons (Fsp3) is 0.444. The van der Waals surface area contributed by atoms with Crippen molar-refractivity contribution in [2.45, 2.75) is 26.1 Å². The second-order valence-corrected chi connectivity index (χ2v) is 8.88. The lowest BCUT2D eigenvalue weighted by molar-refractivity contribution is -0.136. The summed E-state index contributed by atoms with van der Waals surface area (Å²) in [5.74, 6) is -0.792. The van der Waals surface area contributed by atoms with E-state index in [9.17, 15) is 4.79 Å². The first-order valence-corrected chi connectivity index (χ1v) is 7.49. The van der Waals surface area contributed by atoms with Gasteiger partial charge >= 0.3 is 5.97 Å². The Morgan fingerprint density at radius 2 is 2.00 bits per heavy atom. The highest BCUT2D eigenvalue weighted by molar-refractivity contribution is 6.81. The highest BCUT2D eigenvalue weighted by Gasteiger charge is 2.10. The van der Waals surface area contributed by atoms with Gasteiger partial charge in [-0.25, -0.2) is 0 Å². The van der Waals surface area contributed by atoms with Crippen molar-refractivity contribution in [2.24, 2.45) is 0 Å². The summed E-state index contributed by atoms with van der Waals surface area (Å²) in [6.45, 7) is 10.1. The molecule has 0 aliphatic heterocycles. The number of carbonyl (C=O) groups is 1. The fourth-order valence-corrected chi connectivity index (χ4v) is 2.25. The molecule has 12 heavy (non-hydrogen) atoms. The first-order chi connectivity index (χ1) is 5.35. The van der Waals surface area contributed by atoms with Gasteiger partial charge in [-0.05, 0) is 5.57 Å². The second-order valence-electron chi connectivity index (χ2n) is 3.86. The summed E-state index contributed by atoms with van der Waals surface area (Å²) in [5, 5.41) is 8.54. The van der Waals surface area contributed by atoms with Crippen LogP contribution in [0.1, 0.15) is 6.42 Å². The van der Waals surface area contributed by atoms with Crippen molar-refractivity contribution in [3.63, 3.8) is 0 Å². The minimum absolute atomic E-state index is 0.0910. The monoisotopic (exact) mass is 184 g/mol. The zero-order valence-electron chi connectivity index (χ0n) is 7.92. The lowest BCUT2D eigenvalue weighted by Crippen LogP contribution is -2.17. The molecule has 0 amide bonds. The van der Waals surface area contributed by atoms with Gasteiger partial charge in [0.15, 0.2) is 0 Å². The maximum absolute atomic E-state index is 10.4. The topological polar surface area (TPSA) is 37.3 Å². The summed E-state index contributed by atoms with van der Waals surface area (Å²) >= 11 is 0. The molecule has 0 spiro atoms. The minimum Gasteiger partial charge on any atom is -0.481 e. The van der Waals surface area contributed by atoms with Crippen LogP contribution in [-0.4, -0.2) is 19.1 Å². The molecule has 0 aromatic heterocycles. The van der Waals surface area contributed by atoms with E-state index in [-0.39, 0.29) is 6.42 Å². The van der Waals surface area contributed by atoms with E-state index in [1.807, 2.05) is 0 Å². The van der Waals surface area contributed by atoms with Crippen LogP contribution in [0.15, 0.2) is 23.9 Å². The Kier molecular flexibility index (Phi) is 3.96. The van der Waals surface area contributed by atoms with Crippen LogP contribution in [0.2, 0.25) is 19.6 Å². The molecule has 0 fully saturated rings. The molecule has 68 valence electrons. The van der Waals surface area contributed by atoms with Gasteiger partial charge in [0.25, 0.3) is 0 Å². The van der Waals surface area contributed by atoms with Crippen molar-refractivity contribution in [3.05, 3.63) is 23.9 Å². The number of hydrogen-bond acceptors (Lipinski definition) is 1. The van der Waals surface area contributed by atoms with Crippen molar-refractivity contribution >= 4 is 14.0 Å². The van der Waals surface area contributed by atoms with Gasteiger partial charge in [-0.15, -0.1) is 0 Å². The van der Waals surface area contributed by atoms with Gasteiger partial charge in [-0.2, -0.15) is 0 Å². The van der Waals surface area contributed by atoms with Gasteiger partial charge in [-0.1, -0.05) is 38.0 Å². The molecule has 0 aliphatic rings. The SMILES string of the molecule is C=C/C(=C\[Si](C)(C)C)CC(=O)O. The highest BCUT2D eigenvalue weighted by atomic mass is 28.3. The summed E-state index contributed by atoms with van der Waals surface area (Å²) in [7, 11) is -1.30. The molecule has 0 atom stereocenters. The molecular formula is C9H16O2Si. The van der Waals surface area contributed by atoms with Crippen LogP contribution < -0.4 is 0 Å². The van der Waals surface area contributed by atoms with Gasteiger partial charge in [0.1, 0.15) is 0 Å². The van der Waals surface area contributed by atoms with E-state index >= 15 is 0 Å². The summed E-state index contributed by atoms with van der Waals surface area (Å²) in [6.07, 6.45) is 1.72. The molecule has 0 rings (SSSR count). The molecule has 0 aromatic carbocycles. The summed E-state index contributed by atoms with van der Waals surface area (Å²) in [5.41, 5.74) is 2.90. The van der Waals surface area contributed by atoms with Crippen LogP contribution >= 0.6 is 0 Å². The minimum atomic E-state index is -1.30. The first-order valence-electron chi connectivity index (χ1n) is 3.91. The number of aliphatic carboxylic acids is 1. The zero-order valence-corrected chi connectivity index (χ0v) is 8.92. The Balaban J connectivity index is 4.44. The third-order valence-corrected chi connectivity index (χ3v) is 2.47. The molecule has 0 aromatic rings. The van der Waals surface area contributed by atoms with Gasteiger partial charge < -0.3 is 5.11 Å². The Hall–Kier alpha value is -0.833. The van der Waals surface area contributed by atoms with Crippen molar-refractivity contribution in [1.29, 1.82) is 0 Å². The van der Waals surface area contributed by atoms with Crippen LogP contribution in [0.5, 0.6) is 0 Å². The summed E-state index contributed by atoms with van der Waals surface area (Å²) in [4.78, 5) is 10.4. The second kappa shape index (κ2) is 4.26. The van der Waals surface area contributed by atoms with Crippen LogP contribution in [0.4, 0.5) is 0 Å². The number of allylic oxidation sites excluding steroid dienone is 1. The summed E-state index contributed by atoms with van der Waals surface area (Å²) < 4.78 is 0. The van der Waals surface area contributed by atoms with Crippen molar-refractivity contribution in [2.75, 3.05) is 0 Å². The average Bonchev–Trinajstić information content (AvgIpc) is 1.82. The van der Waals surface area contributed by atoms with Gasteiger partial charge in [-0.3, -0.25) is 4.79 Å².